The van der Waals surface area contributed by atoms with Crippen LogP contribution < -0.4 is 5.32 Å². The van der Waals surface area contributed by atoms with E-state index in [-0.39, 0.29) is 11.9 Å². The number of rotatable bonds is 3. The molecule has 2 aliphatic heterocycles. The fourth-order valence-corrected chi connectivity index (χ4v) is 5.26. The molecule has 0 radical (unpaired) electrons. The lowest BCUT2D eigenvalue weighted by atomic mass is 9.97. The molecule has 5 heteroatoms. The third kappa shape index (κ3) is 2.73. The standard InChI is InChI=1S/C23H26N4O/c1-26-17-7-8-18(26)14-16(13-17)25-23(28)21-19-5-3-4-6-20(19)27(2)22(21)15-9-11-24-12-10-15/h3-6,9-12,16-18H,7-8,13-14H2,1-2H3,(H,25,28)/t16-,17+,18-. The van der Waals surface area contributed by atoms with Crippen LogP contribution >= 0.6 is 0 Å². The van der Waals surface area contributed by atoms with Crippen molar-refractivity contribution in [2.45, 2.75) is 43.8 Å². The third-order valence-corrected chi connectivity index (χ3v) is 6.72. The molecule has 3 aromatic rings. The molecule has 2 fully saturated rings. The zero-order valence-electron chi connectivity index (χ0n) is 16.4. The Kier molecular flexibility index (Phi) is 4.20. The van der Waals surface area contributed by atoms with Gasteiger partial charge in [0.25, 0.3) is 5.91 Å². The van der Waals surface area contributed by atoms with Gasteiger partial charge < -0.3 is 14.8 Å². The van der Waals surface area contributed by atoms with Gasteiger partial charge in [0.2, 0.25) is 0 Å². The quantitative estimate of drug-likeness (QED) is 0.762. The zero-order valence-corrected chi connectivity index (χ0v) is 16.4. The molecule has 2 saturated heterocycles. The Morgan fingerprint density at radius 2 is 1.71 bits per heavy atom. The van der Waals surface area contributed by atoms with Crippen LogP contribution in [0.4, 0.5) is 0 Å². The van der Waals surface area contributed by atoms with Crippen molar-refractivity contribution < 1.29 is 4.79 Å². The summed E-state index contributed by atoms with van der Waals surface area (Å²) in [6.07, 6.45) is 8.17. The molecule has 5 rings (SSSR count). The average Bonchev–Trinajstić information content (AvgIpc) is 3.10. The first-order valence-electron chi connectivity index (χ1n) is 10.1. The van der Waals surface area contributed by atoms with Gasteiger partial charge in [0.05, 0.1) is 11.3 Å². The van der Waals surface area contributed by atoms with E-state index in [1.807, 2.05) is 37.4 Å². The molecule has 2 aromatic heterocycles. The van der Waals surface area contributed by atoms with Crippen LogP contribution in [-0.2, 0) is 7.05 Å². The largest absolute Gasteiger partial charge is 0.349 e. The number of fused-ring (bicyclic) bond motifs is 3. The summed E-state index contributed by atoms with van der Waals surface area (Å²) in [6.45, 7) is 0. The Hall–Kier alpha value is -2.66. The van der Waals surface area contributed by atoms with E-state index in [1.54, 1.807) is 12.4 Å². The van der Waals surface area contributed by atoms with E-state index in [0.717, 1.165) is 40.6 Å². The maximum absolute atomic E-state index is 13.5. The molecule has 0 spiro atoms. The molecule has 0 aliphatic carbocycles. The molecular formula is C23H26N4O. The number of carbonyl (C=O) groups excluding carboxylic acids is 1. The first-order chi connectivity index (χ1) is 13.6. The molecule has 5 nitrogen and oxygen atoms in total. The molecule has 144 valence electrons. The number of piperidine rings is 1. The molecular weight excluding hydrogens is 348 g/mol. The van der Waals surface area contributed by atoms with Gasteiger partial charge in [-0.2, -0.15) is 0 Å². The lowest BCUT2D eigenvalue weighted by Crippen LogP contribution is -2.48. The van der Waals surface area contributed by atoms with Crippen molar-refractivity contribution >= 4 is 16.8 Å². The number of benzene rings is 1. The van der Waals surface area contributed by atoms with Gasteiger partial charge in [0.15, 0.2) is 0 Å². The summed E-state index contributed by atoms with van der Waals surface area (Å²) in [7, 11) is 4.26. The lowest BCUT2D eigenvalue weighted by molar-refractivity contribution is 0.0884. The number of aryl methyl sites for hydroxylation is 1. The van der Waals surface area contributed by atoms with Crippen molar-refractivity contribution in [3.05, 3.63) is 54.4 Å². The number of hydrogen-bond donors (Lipinski definition) is 1. The normalized spacial score (nSPS) is 24.6. The highest BCUT2D eigenvalue weighted by atomic mass is 16.1. The van der Waals surface area contributed by atoms with Gasteiger partial charge in [-0.05, 0) is 50.9 Å². The smallest absolute Gasteiger partial charge is 0.254 e. The van der Waals surface area contributed by atoms with Gasteiger partial charge in [0.1, 0.15) is 0 Å². The van der Waals surface area contributed by atoms with Gasteiger partial charge in [-0.15, -0.1) is 0 Å². The van der Waals surface area contributed by atoms with Gasteiger partial charge in [-0.3, -0.25) is 9.78 Å². The molecule has 1 N–H and O–H groups in total. The van der Waals surface area contributed by atoms with Crippen molar-refractivity contribution in [2.75, 3.05) is 7.05 Å². The van der Waals surface area contributed by atoms with Crippen molar-refractivity contribution in [2.24, 2.45) is 7.05 Å². The molecule has 1 amide bonds. The van der Waals surface area contributed by atoms with Gasteiger partial charge >= 0.3 is 0 Å². The molecule has 2 aliphatic rings. The molecule has 0 unspecified atom stereocenters. The highest BCUT2D eigenvalue weighted by Gasteiger charge is 2.39. The van der Waals surface area contributed by atoms with Gasteiger partial charge in [-0.1, -0.05) is 18.2 Å². The molecule has 1 aromatic carbocycles. The summed E-state index contributed by atoms with van der Waals surface area (Å²) in [5.74, 6) is 0.0394. The van der Waals surface area contributed by atoms with Crippen LogP contribution in [0.1, 0.15) is 36.0 Å². The molecule has 2 bridgehead atoms. The number of nitrogens with zero attached hydrogens (tertiary/aromatic N) is 3. The van der Waals surface area contributed by atoms with Crippen LogP contribution in [0.15, 0.2) is 48.8 Å². The Morgan fingerprint density at radius 3 is 2.43 bits per heavy atom. The van der Waals surface area contributed by atoms with E-state index in [4.69, 9.17) is 0 Å². The fourth-order valence-electron chi connectivity index (χ4n) is 5.26. The highest BCUT2D eigenvalue weighted by Crippen LogP contribution is 2.36. The molecule has 4 heterocycles. The topological polar surface area (TPSA) is 50.2 Å². The number of aromatic nitrogens is 2. The number of carbonyl (C=O) groups is 1. The summed E-state index contributed by atoms with van der Waals surface area (Å²) in [6, 6.07) is 13.6. The van der Waals surface area contributed by atoms with E-state index < -0.39 is 0 Å². The summed E-state index contributed by atoms with van der Waals surface area (Å²) in [5, 5.41) is 4.38. The third-order valence-electron chi connectivity index (χ3n) is 6.72. The van der Waals surface area contributed by atoms with Crippen LogP contribution in [0, 0.1) is 0 Å². The number of nitrogens with one attached hydrogen (secondary N) is 1. The number of pyridine rings is 1. The average molecular weight is 374 g/mol. The van der Waals surface area contributed by atoms with Crippen LogP contribution in [-0.4, -0.2) is 45.5 Å². The van der Waals surface area contributed by atoms with Crippen LogP contribution in [0.3, 0.4) is 0 Å². The number of para-hydroxylation sites is 1. The minimum absolute atomic E-state index is 0.0394. The summed E-state index contributed by atoms with van der Waals surface area (Å²) in [4.78, 5) is 20.1. The van der Waals surface area contributed by atoms with E-state index in [0.29, 0.717) is 12.1 Å². The number of amides is 1. The van der Waals surface area contributed by atoms with Crippen molar-refractivity contribution in [3.8, 4) is 11.3 Å². The Morgan fingerprint density at radius 1 is 1.04 bits per heavy atom. The predicted molar refractivity (Wildman–Crippen MR) is 111 cm³/mol. The van der Waals surface area contributed by atoms with E-state index in [9.17, 15) is 4.79 Å². The Bertz CT molecular complexity index is 1010. The SMILES string of the molecule is CN1[C@@H]2CC[C@H]1C[C@@H](NC(=O)c1c(-c3ccncc3)n(C)c3ccccc13)C2. The van der Waals surface area contributed by atoms with Crippen LogP contribution in [0.25, 0.3) is 22.2 Å². The second-order valence-corrected chi connectivity index (χ2v) is 8.23. The van der Waals surface area contributed by atoms with Crippen LogP contribution in [0.2, 0.25) is 0 Å². The zero-order chi connectivity index (χ0) is 19.3. The van der Waals surface area contributed by atoms with Gasteiger partial charge in [-0.25, -0.2) is 0 Å². The monoisotopic (exact) mass is 374 g/mol. The highest BCUT2D eigenvalue weighted by molar-refractivity contribution is 6.12. The minimum atomic E-state index is 0.0394. The maximum atomic E-state index is 13.5. The minimum Gasteiger partial charge on any atom is -0.349 e. The van der Waals surface area contributed by atoms with Crippen molar-refractivity contribution in [1.82, 2.24) is 19.8 Å². The second-order valence-electron chi connectivity index (χ2n) is 8.23. The number of hydrogen-bond acceptors (Lipinski definition) is 3. The first-order valence-corrected chi connectivity index (χ1v) is 10.1. The predicted octanol–water partition coefficient (Wildman–Crippen LogP) is 3.60. The van der Waals surface area contributed by atoms with Crippen LogP contribution in [0.5, 0.6) is 0 Å². The van der Waals surface area contributed by atoms with Crippen molar-refractivity contribution in [3.63, 3.8) is 0 Å². The fraction of sp³-hybridized carbons (Fsp3) is 0.391. The Labute approximate surface area is 165 Å². The summed E-state index contributed by atoms with van der Waals surface area (Å²) >= 11 is 0. The summed E-state index contributed by atoms with van der Waals surface area (Å²) in [5.41, 5.74) is 3.82. The van der Waals surface area contributed by atoms with E-state index >= 15 is 0 Å². The van der Waals surface area contributed by atoms with E-state index in [2.05, 4.69) is 32.9 Å². The molecule has 0 saturated carbocycles. The van der Waals surface area contributed by atoms with E-state index in [1.165, 1.54) is 12.8 Å². The van der Waals surface area contributed by atoms with Gasteiger partial charge in [0, 0.05) is 54.0 Å². The maximum Gasteiger partial charge on any atom is 0.254 e. The Balaban J connectivity index is 1.54. The lowest BCUT2D eigenvalue weighted by Gasteiger charge is -2.36. The molecule has 28 heavy (non-hydrogen) atoms. The second kappa shape index (κ2) is 6.74. The first kappa shape index (κ1) is 17.4. The summed E-state index contributed by atoms with van der Waals surface area (Å²) < 4.78 is 2.12. The molecule has 3 atom stereocenters. The van der Waals surface area contributed by atoms with Crippen molar-refractivity contribution in [1.29, 1.82) is 0 Å².